The minimum absolute atomic E-state index is 0.184. The maximum Gasteiger partial charge on any atom is 0.258 e. The molecule has 5 heteroatoms. The van der Waals surface area contributed by atoms with E-state index in [2.05, 4.69) is 52.1 Å². The maximum atomic E-state index is 13.3. The molecule has 4 heterocycles. The van der Waals surface area contributed by atoms with Crippen LogP contribution in [0.3, 0.4) is 0 Å². The molecule has 0 amide bonds. The molecule has 1 aromatic heterocycles. The van der Waals surface area contributed by atoms with Gasteiger partial charge >= 0.3 is 0 Å². The minimum Gasteiger partial charge on any atom is -0.381 e. The maximum absolute atomic E-state index is 13.3. The molecule has 4 nitrogen and oxygen atoms in total. The molecule has 28 heavy (non-hydrogen) atoms. The number of ether oxygens (including phenoxy) is 1. The van der Waals surface area contributed by atoms with Gasteiger partial charge in [-0.3, -0.25) is 9.69 Å². The fourth-order valence-corrected chi connectivity index (χ4v) is 5.73. The fraction of sp³-hybridized carbons (Fsp3) is 0.522. The molecule has 0 radical (unpaired) electrons. The van der Waals surface area contributed by atoms with Gasteiger partial charge in [-0.15, -0.1) is 11.8 Å². The van der Waals surface area contributed by atoms with Gasteiger partial charge in [-0.05, 0) is 61.3 Å². The first-order valence-corrected chi connectivity index (χ1v) is 11.7. The highest BCUT2D eigenvalue weighted by Crippen LogP contribution is 2.37. The number of aromatic nitrogens is 1. The van der Waals surface area contributed by atoms with E-state index < -0.39 is 0 Å². The Balaban J connectivity index is 1.44. The number of benzene rings is 1. The van der Waals surface area contributed by atoms with Crippen molar-refractivity contribution in [1.82, 2.24) is 9.47 Å². The van der Waals surface area contributed by atoms with Crippen LogP contribution in [0.1, 0.15) is 30.9 Å². The molecule has 0 aliphatic carbocycles. The lowest BCUT2D eigenvalue weighted by Gasteiger charge is -2.46. The molecular formula is C23H28N2O2S. The average Bonchev–Trinajstić information content (AvgIpc) is 2.75. The van der Waals surface area contributed by atoms with Gasteiger partial charge in [0.1, 0.15) is 0 Å². The molecule has 0 spiro atoms. The zero-order chi connectivity index (χ0) is 19.1. The molecule has 148 valence electrons. The van der Waals surface area contributed by atoms with E-state index in [0.717, 1.165) is 56.8 Å². The second kappa shape index (κ2) is 7.69. The van der Waals surface area contributed by atoms with Crippen LogP contribution < -0.4 is 5.56 Å². The highest BCUT2D eigenvalue weighted by molar-refractivity contribution is 7.98. The summed E-state index contributed by atoms with van der Waals surface area (Å²) < 4.78 is 7.63. The van der Waals surface area contributed by atoms with Crippen LogP contribution in [0.25, 0.3) is 11.1 Å². The monoisotopic (exact) mass is 396 g/mol. The van der Waals surface area contributed by atoms with Gasteiger partial charge in [0.15, 0.2) is 0 Å². The van der Waals surface area contributed by atoms with E-state index in [9.17, 15) is 4.79 Å². The highest BCUT2D eigenvalue weighted by Gasteiger charge is 2.37. The molecule has 2 saturated heterocycles. The molecule has 2 atom stereocenters. The Bertz CT molecular complexity index is 902. The van der Waals surface area contributed by atoms with Crippen LogP contribution in [-0.2, 0) is 11.3 Å². The lowest BCUT2D eigenvalue weighted by Crippen LogP contribution is -2.51. The Morgan fingerprint density at radius 2 is 1.79 bits per heavy atom. The van der Waals surface area contributed by atoms with Crippen LogP contribution in [0.15, 0.2) is 46.1 Å². The topological polar surface area (TPSA) is 34.5 Å². The van der Waals surface area contributed by atoms with Gasteiger partial charge in [-0.2, -0.15) is 0 Å². The van der Waals surface area contributed by atoms with Crippen molar-refractivity contribution in [2.75, 3.05) is 32.6 Å². The van der Waals surface area contributed by atoms with Crippen LogP contribution in [-0.4, -0.2) is 48.1 Å². The van der Waals surface area contributed by atoms with Crippen LogP contribution in [0, 0.1) is 5.92 Å². The SMILES string of the molecule is CSc1ccc(-c2ccc3n(c2=O)CC2CC3CN(C3CCOCC3)C2)cc1. The van der Waals surface area contributed by atoms with E-state index >= 15 is 0 Å². The molecule has 2 unspecified atom stereocenters. The zero-order valence-electron chi connectivity index (χ0n) is 16.5. The molecule has 5 rings (SSSR count). The number of piperidine rings is 1. The summed E-state index contributed by atoms with van der Waals surface area (Å²) in [7, 11) is 0. The smallest absolute Gasteiger partial charge is 0.258 e. The summed E-state index contributed by atoms with van der Waals surface area (Å²) in [6, 6.07) is 13.3. The Hall–Kier alpha value is -1.56. The quantitative estimate of drug-likeness (QED) is 0.739. The van der Waals surface area contributed by atoms with Gasteiger partial charge in [0.2, 0.25) is 0 Å². The molecule has 0 N–H and O–H groups in total. The Morgan fingerprint density at radius 3 is 2.54 bits per heavy atom. The molecular weight excluding hydrogens is 368 g/mol. The molecule has 1 aromatic carbocycles. The largest absolute Gasteiger partial charge is 0.381 e. The Morgan fingerprint density at radius 1 is 1.00 bits per heavy atom. The molecule has 0 saturated carbocycles. The van der Waals surface area contributed by atoms with Crippen molar-refractivity contribution in [2.45, 2.75) is 42.7 Å². The number of hydrogen-bond acceptors (Lipinski definition) is 4. The third-order valence-corrected chi connectivity index (χ3v) is 7.48. The third-order valence-electron chi connectivity index (χ3n) is 6.74. The van der Waals surface area contributed by atoms with E-state index in [1.165, 1.54) is 17.0 Å². The number of hydrogen-bond donors (Lipinski definition) is 0. The first-order chi connectivity index (χ1) is 13.7. The molecule has 2 aromatic rings. The number of thioether (sulfide) groups is 1. The Labute approximate surface area is 170 Å². The summed E-state index contributed by atoms with van der Waals surface area (Å²) in [5, 5.41) is 0. The van der Waals surface area contributed by atoms with Gasteiger partial charge in [0.25, 0.3) is 5.56 Å². The standard InChI is InChI=1S/C23H28N2O2S/c1-28-20-4-2-17(3-5-20)21-6-7-22-18-12-16(14-25(22)23(21)26)13-24(15-18)19-8-10-27-11-9-19/h2-7,16,18-19H,8-15H2,1H3. The van der Waals surface area contributed by atoms with Gasteiger partial charge in [0.05, 0.1) is 0 Å². The fourth-order valence-electron chi connectivity index (χ4n) is 5.32. The van der Waals surface area contributed by atoms with Crippen LogP contribution in [0.4, 0.5) is 0 Å². The van der Waals surface area contributed by atoms with Crippen molar-refractivity contribution in [2.24, 2.45) is 5.92 Å². The summed E-state index contributed by atoms with van der Waals surface area (Å²) >= 11 is 1.73. The highest BCUT2D eigenvalue weighted by atomic mass is 32.2. The number of fused-ring (bicyclic) bond motifs is 4. The van der Waals surface area contributed by atoms with Gasteiger partial charge in [-0.1, -0.05) is 12.1 Å². The van der Waals surface area contributed by atoms with Crippen molar-refractivity contribution in [3.63, 3.8) is 0 Å². The van der Waals surface area contributed by atoms with Crippen LogP contribution in [0.5, 0.6) is 0 Å². The minimum atomic E-state index is 0.184. The normalized spacial score (nSPS) is 25.5. The lowest BCUT2D eigenvalue weighted by molar-refractivity contribution is 0.00589. The van der Waals surface area contributed by atoms with Gasteiger partial charge in [0, 0.05) is 61.0 Å². The summed E-state index contributed by atoms with van der Waals surface area (Å²) in [6.45, 7) is 4.86. The van der Waals surface area contributed by atoms with Crippen LogP contribution >= 0.6 is 11.8 Å². The third kappa shape index (κ3) is 3.34. The molecule has 2 bridgehead atoms. The van der Waals surface area contributed by atoms with E-state index in [4.69, 9.17) is 4.74 Å². The van der Waals surface area contributed by atoms with Crippen molar-refractivity contribution < 1.29 is 4.74 Å². The number of pyridine rings is 1. The van der Waals surface area contributed by atoms with E-state index in [1.54, 1.807) is 11.8 Å². The average molecular weight is 397 g/mol. The van der Waals surface area contributed by atoms with Gasteiger partial charge < -0.3 is 9.30 Å². The predicted octanol–water partition coefficient (Wildman–Crippen LogP) is 3.84. The summed E-state index contributed by atoms with van der Waals surface area (Å²) in [4.78, 5) is 17.2. The van der Waals surface area contributed by atoms with E-state index in [1.807, 2.05) is 0 Å². The molecule has 2 fully saturated rings. The van der Waals surface area contributed by atoms with Crippen molar-refractivity contribution in [3.8, 4) is 11.1 Å². The summed E-state index contributed by atoms with van der Waals surface area (Å²) in [5.41, 5.74) is 3.28. The Kier molecular flexibility index (Phi) is 5.07. The molecule has 3 aliphatic rings. The van der Waals surface area contributed by atoms with Crippen LogP contribution in [0.2, 0.25) is 0 Å². The second-order valence-electron chi connectivity index (χ2n) is 8.41. The molecule has 3 aliphatic heterocycles. The zero-order valence-corrected chi connectivity index (χ0v) is 17.3. The second-order valence-corrected chi connectivity index (χ2v) is 9.29. The number of rotatable bonds is 3. The van der Waals surface area contributed by atoms with Crippen molar-refractivity contribution in [3.05, 3.63) is 52.4 Å². The summed E-state index contributed by atoms with van der Waals surface area (Å²) in [6.07, 6.45) is 5.60. The number of likely N-dealkylation sites (tertiary alicyclic amines) is 1. The predicted molar refractivity (Wildman–Crippen MR) is 114 cm³/mol. The van der Waals surface area contributed by atoms with Crippen molar-refractivity contribution in [1.29, 1.82) is 0 Å². The van der Waals surface area contributed by atoms with Crippen molar-refractivity contribution >= 4 is 11.8 Å². The summed E-state index contributed by atoms with van der Waals surface area (Å²) in [5.74, 6) is 1.07. The number of nitrogens with zero attached hydrogens (tertiary/aromatic N) is 2. The van der Waals surface area contributed by atoms with E-state index in [0.29, 0.717) is 17.9 Å². The van der Waals surface area contributed by atoms with Gasteiger partial charge in [-0.25, -0.2) is 0 Å². The first-order valence-electron chi connectivity index (χ1n) is 10.4. The lowest BCUT2D eigenvalue weighted by atomic mass is 9.81. The van der Waals surface area contributed by atoms with E-state index in [-0.39, 0.29) is 5.56 Å². The first kappa shape index (κ1) is 18.5.